The van der Waals surface area contributed by atoms with Crippen LogP contribution in [0.4, 0.5) is 0 Å². The first-order valence-corrected chi connectivity index (χ1v) is 9.92. The van der Waals surface area contributed by atoms with Gasteiger partial charge in [0.25, 0.3) is 5.56 Å². The Bertz CT molecular complexity index is 948. The summed E-state index contributed by atoms with van der Waals surface area (Å²) in [6.07, 6.45) is 3.00. The number of pyridine rings is 1. The molecule has 3 atom stereocenters. The summed E-state index contributed by atoms with van der Waals surface area (Å²) in [6, 6.07) is 1.88. The first kappa shape index (κ1) is 20.9. The Morgan fingerprint density at radius 1 is 1.46 bits per heavy atom. The smallest absolute Gasteiger partial charge is 0.271 e. The van der Waals surface area contributed by atoms with Crippen molar-refractivity contribution in [2.24, 2.45) is 17.3 Å². The monoisotopic (exact) mass is 424 g/mol. The fourth-order valence-electron chi connectivity index (χ4n) is 4.19. The van der Waals surface area contributed by atoms with Crippen LogP contribution in [-0.2, 0) is 11.3 Å². The van der Waals surface area contributed by atoms with Crippen LogP contribution in [0.3, 0.4) is 0 Å². The zero-order chi connectivity index (χ0) is 20.8. The summed E-state index contributed by atoms with van der Waals surface area (Å²) in [5.74, 6) is -1.38. The number of nitrogens with zero attached hydrogens (tertiary/aromatic N) is 2. The highest BCUT2D eigenvalue weighted by Crippen LogP contribution is 2.61. The van der Waals surface area contributed by atoms with Crippen LogP contribution >= 0.6 is 23.2 Å². The third kappa shape index (κ3) is 3.47. The summed E-state index contributed by atoms with van der Waals surface area (Å²) >= 11 is 11.5. The van der Waals surface area contributed by atoms with E-state index in [0.29, 0.717) is 6.61 Å². The molecule has 150 valence electrons. The SMILES string of the molecule is Cc1c(C(=O)C2C(C=C(Cl)Cl)C2(C)C)c(O)n(CC2CCCO2)c(=O)c1C#N. The Kier molecular flexibility index (Phi) is 5.64. The second-order valence-corrected chi connectivity index (χ2v) is 9.01. The van der Waals surface area contributed by atoms with Gasteiger partial charge in [-0.15, -0.1) is 0 Å². The number of allylic oxidation sites excluding steroid dienone is 1. The summed E-state index contributed by atoms with van der Waals surface area (Å²) in [4.78, 5) is 26.0. The second-order valence-electron chi connectivity index (χ2n) is 8.01. The Morgan fingerprint density at radius 2 is 2.14 bits per heavy atom. The molecule has 1 aromatic rings. The molecular formula is C20H22Cl2N2O4. The third-order valence-electron chi connectivity index (χ3n) is 5.96. The van der Waals surface area contributed by atoms with Crippen molar-refractivity contribution < 1.29 is 14.6 Å². The number of aromatic nitrogens is 1. The van der Waals surface area contributed by atoms with E-state index in [4.69, 9.17) is 27.9 Å². The van der Waals surface area contributed by atoms with Gasteiger partial charge in [-0.05, 0) is 42.7 Å². The summed E-state index contributed by atoms with van der Waals surface area (Å²) in [6.45, 7) is 6.02. The minimum Gasteiger partial charge on any atom is -0.494 e. The average molecular weight is 425 g/mol. The Hall–Kier alpha value is -1.81. The predicted octanol–water partition coefficient (Wildman–Crippen LogP) is 3.69. The molecule has 0 bridgehead atoms. The van der Waals surface area contributed by atoms with E-state index in [2.05, 4.69) is 0 Å². The lowest BCUT2D eigenvalue weighted by atomic mass is 9.96. The Balaban J connectivity index is 2.08. The normalized spacial score (nSPS) is 25.2. The minimum atomic E-state index is -0.611. The first-order chi connectivity index (χ1) is 13.1. The van der Waals surface area contributed by atoms with Crippen LogP contribution in [0.5, 0.6) is 5.88 Å². The molecule has 0 aromatic carbocycles. The van der Waals surface area contributed by atoms with Crippen molar-refractivity contribution in [1.29, 1.82) is 5.26 Å². The molecule has 0 amide bonds. The topological polar surface area (TPSA) is 92.3 Å². The molecule has 0 spiro atoms. The number of carbonyl (C=O) groups excluding carboxylic acids is 1. The molecule has 28 heavy (non-hydrogen) atoms. The number of hydrogen-bond donors (Lipinski definition) is 1. The lowest BCUT2D eigenvalue weighted by Gasteiger charge is -2.18. The van der Waals surface area contributed by atoms with Crippen LogP contribution in [0.2, 0.25) is 0 Å². The average Bonchev–Trinajstić information content (AvgIpc) is 2.96. The number of halogens is 2. The number of carbonyl (C=O) groups is 1. The quantitative estimate of drug-likeness (QED) is 0.727. The predicted molar refractivity (Wildman–Crippen MR) is 106 cm³/mol. The van der Waals surface area contributed by atoms with Crippen LogP contribution in [0.1, 0.15) is 48.2 Å². The van der Waals surface area contributed by atoms with Gasteiger partial charge < -0.3 is 9.84 Å². The molecule has 2 heterocycles. The van der Waals surface area contributed by atoms with Crippen LogP contribution in [0.25, 0.3) is 0 Å². The fourth-order valence-corrected chi connectivity index (χ4v) is 4.46. The van der Waals surface area contributed by atoms with E-state index in [1.807, 2.05) is 19.9 Å². The van der Waals surface area contributed by atoms with Gasteiger partial charge in [0.1, 0.15) is 16.1 Å². The van der Waals surface area contributed by atoms with Crippen molar-refractivity contribution in [3.63, 3.8) is 0 Å². The zero-order valence-corrected chi connectivity index (χ0v) is 17.5. The molecular weight excluding hydrogens is 403 g/mol. The van der Waals surface area contributed by atoms with Gasteiger partial charge in [-0.25, -0.2) is 0 Å². The van der Waals surface area contributed by atoms with Crippen LogP contribution < -0.4 is 5.56 Å². The molecule has 2 fully saturated rings. The van der Waals surface area contributed by atoms with Crippen molar-refractivity contribution in [2.45, 2.75) is 46.3 Å². The van der Waals surface area contributed by atoms with Gasteiger partial charge in [0, 0.05) is 12.5 Å². The maximum atomic E-state index is 13.3. The molecule has 2 aliphatic rings. The van der Waals surface area contributed by atoms with E-state index in [1.165, 1.54) is 6.92 Å². The van der Waals surface area contributed by atoms with Crippen LogP contribution in [0, 0.1) is 35.5 Å². The van der Waals surface area contributed by atoms with Gasteiger partial charge in [-0.3, -0.25) is 14.2 Å². The standard InChI is InChI=1S/C20H22Cl2N2O4/c1-10-12(8-23)18(26)24(9-11-5-4-6-28-11)19(27)15(10)17(25)16-13(7-14(21)22)20(16,2)3/h7,11,13,16,27H,4-6,9H2,1-3H3. The largest absolute Gasteiger partial charge is 0.494 e. The van der Waals surface area contributed by atoms with E-state index in [0.717, 1.165) is 17.4 Å². The molecule has 1 aliphatic carbocycles. The molecule has 1 saturated heterocycles. The number of ether oxygens (including phenoxy) is 1. The number of rotatable bonds is 5. The lowest BCUT2D eigenvalue weighted by molar-refractivity contribution is 0.0910. The van der Waals surface area contributed by atoms with Crippen molar-refractivity contribution in [3.8, 4) is 11.9 Å². The lowest BCUT2D eigenvalue weighted by Crippen LogP contribution is -2.31. The van der Waals surface area contributed by atoms with Crippen molar-refractivity contribution in [3.05, 3.63) is 37.6 Å². The summed E-state index contributed by atoms with van der Waals surface area (Å²) in [5.41, 5.74) is -0.942. The van der Waals surface area contributed by atoms with E-state index >= 15 is 0 Å². The van der Waals surface area contributed by atoms with Gasteiger partial charge in [-0.2, -0.15) is 5.26 Å². The summed E-state index contributed by atoms with van der Waals surface area (Å²) in [7, 11) is 0. The van der Waals surface area contributed by atoms with E-state index in [-0.39, 0.29) is 45.5 Å². The number of nitriles is 1. The van der Waals surface area contributed by atoms with E-state index in [9.17, 15) is 20.0 Å². The van der Waals surface area contributed by atoms with Crippen LogP contribution in [-0.4, -0.2) is 28.2 Å². The molecule has 6 nitrogen and oxygen atoms in total. The van der Waals surface area contributed by atoms with Crippen molar-refractivity contribution >= 4 is 29.0 Å². The summed E-state index contributed by atoms with van der Waals surface area (Å²) < 4.78 is 6.71. The molecule has 1 N–H and O–H groups in total. The fraction of sp³-hybridized carbons (Fsp3) is 0.550. The summed E-state index contributed by atoms with van der Waals surface area (Å²) in [5, 5.41) is 20.3. The number of hydrogen-bond acceptors (Lipinski definition) is 5. The molecule has 8 heteroatoms. The number of aromatic hydroxyl groups is 1. The molecule has 1 aliphatic heterocycles. The van der Waals surface area contributed by atoms with Crippen molar-refractivity contribution in [2.75, 3.05) is 6.61 Å². The highest BCUT2D eigenvalue weighted by atomic mass is 35.5. The third-order valence-corrected chi connectivity index (χ3v) is 6.21. The second kappa shape index (κ2) is 7.55. The van der Waals surface area contributed by atoms with Crippen molar-refractivity contribution in [1.82, 2.24) is 4.57 Å². The molecule has 3 unspecified atom stereocenters. The molecule has 0 radical (unpaired) electrons. The molecule has 1 aromatic heterocycles. The van der Waals surface area contributed by atoms with E-state index < -0.39 is 22.8 Å². The van der Waals surface area contributed by atoms with Gasteiger partial charge in [0.05, 0.1) is 18.2 Å². The Labute approximate surface area is 173 Å². The molecule has 3 rings (SSSR count). The highest BCUT2D eigenvalue weighted by molar-refractivity contribution is 6.55. The van der Waals surface area contributed by atoms with Crippen LogP contribution in [0.15, 0.2) is 15.4 Å². The molecule has 1 saturated carbocycles. The van der Waals surface area contributed by atoms with E-state index in [1.54, 1.807) is 6.08 Å². The van der Waals surface area contributed by atoms with Gasteiger partial charge in [0.2, 0.25) is 5.88 Å². The Morgan fingerprint density at radius 3 is 2.68 bits per heavy atom. The van der Waals surface area contributed by atoms with Gasteiger partial charge >= 0.3 is 0 Å². The maximum absolute atomic E-state index is 13.3. The first-order valence-electron chi connectivity index (χ1n) is 9.16. The number of ketones is 1. The van der Waals surface area contributed by atoms with Gasteiger partial charge in [-0.1, -0.05) is 37.0 Å². The highest BCUT2D eigenvalue weighted by Gasteiger charge is 2.61. The maximum Gasteiger partial charge on any atom is 0.271 e. The number of Topliss-reactive ketones (excluding diaryl/α,β-unsaturated/α-hetero) is 1. The van der Waals surface area contributed by atoms with Gasteiger partial charge in [0.15, 0.2) is 5.78 Å². The zero-order valence-electron chi connectivity index (χ0n) is 16.0. The minimum absolute atomic E-state index is 0.00816.